The summed E-state index contributed by atoms with van der Waals surface area (Å²) in [5, 5.41) is 3.30. The molecule has 0 aromatic carbocycles. The van der Waals surface area contributed by atoms with Crippen LogP contribution in [0.3, 0.4) is 0 Å². The molecule has 2 aliphatic rings. The first-order valence-electron chi connectivity index (χ1n) is 6.94. The van der Waals surface area contributed by atoms with Crippen molar-refractivity contribution >= 4 is 0 Å². The Labute approximate surface area is 106 Å². The lowest BCUT2D eigenvalue weighted by Gasteiger charge is -2.39. The van der Waals surface area contributed by atoms with Crippen molar-refractivity contribution in [1.82, 2.24) is 20.0 Å². The minimum atomic E-state index is 0.724. The minimum absolute atomic E-state index is 0.724. The van der Waals surface area contributed by atoms with Gasteiger partial charge in [0.1, 0.15) is 0 Å². The summed E-state index contributed by atoms with van der Waals surface area (Å²) >= 11 is 0. The van der Waals surface area contributed by atoms with Crippen molar-refractivity contribution in [3.8, 4) is 0 Å². The van der Waals surface area contributed by atoms with Crippen LogP contribution in [0.25, 0.3) is 0 Å². The van der Waals surface area contributed by atoms with Crippen molar-refractivity contribution < 1.29 is 0 Å². The first kappa shape index (κ1) is 13.3. The Morgan fingerprint density at radius 1 is 1.12 bits per heavy atom. The molecule has 0 saturated carbocycles. The number of nitrogens with zero attached hydrogens (tertiary/aromatic N) is 3. The number of piperazine rings is 1. The highest BCUT2D eigenvalue weighted by Gasteiger charge is 2.28. The van der Waals surface area contributed by atoms with E-state index >= 15 is 0 Å². The molecule has 0 amide bonds. The third kappa shape index (κ3) is 3.65. The maximum absolute atomic E-state index is 3.30. The van der Waals surface area contributed by atoms with Gasteiger partial charge in [0.2, 0.25) is 0 Å². The number of likely N-dealkylation sites (N-methyl/N-ethyl adjacent to an activating group) is 2. The van der Waals surface area contributed by atoms with Crippen LogP contribution in [-0.4, -0.2) is 87.7 Å². The number of hydrogen-bond acceptors (Lipinski definition) is 4. The van der Waals surface area contributed by atoms with E-state index in [-0.39, 0.29) is 0 Å². The number of likely N-dealkylation sites (tertiary alicyclic amines) is 1. The maximum Gasteiger partial charge on any atom is 0.0347 e. The molecule has 4 nitrogen and oxygen atoms in total. The fraction of sp³-hybridized carbons (Fsp3) is 1.00. The smallest absolute Gasteiger partial charge is 0.0347 e. The Hall–Kier alpha value is -0.160. The summed E-state index contributed by atoms with van der Waals surface area (Å²) in [6, 6.07) is 0.724. The second-order valence-corrected chi connectivity index (χ2v) is 5.87. The van der Waals surface area contributed by atoms with Crippen LogP contribution in [0.15, 0.2) is 0 Å². The zero-order valence-electron chi connectivity index (χ0n) is 11.7. The summed E-state index contributed by atoms with van der Waals surface area (Å²) in [7, 11) is 6.58. The summed E-state index contributed by atoms with van der Waals surface area (Å²) in [5.41, 5.74) is 0. The first-order valence-corrected chi connectivity index (χ1v) is 6.94. The number of nitrogens with one attached hydrogen (secondary N) is 1. The van der Waals surface area contributed by atoms with E-state index in [1.165, 1.54) is 52.2 Å². The quantitative estimate of drug-likeness (QED) is 0.733. The lowest BCUT2D eigenvalue weighted by Crippen LogP contribution is -2.54. The highest BCUT2D eigenvalue weighted by molar-refractivity contribution is 4.85. The van der Waals surface area contributed by atoms with Crippen LogP contribution in [-0.2, 0) is 0 Å². The first-order chi connectivity index (χ1) is 8.19. The molecule has 2 atom stereocenters. The predicted molar refractivity (Wildman–Crippen MR) is 72.4 cm³/mol. The fourth-order valence-corrected chi connectivity index (χ4v) is 3.13. The molecule has 2 unspecified atom stereocenters. The highest BCUT2D eigenvalue weighted by atomic mass is 15.3. The average molecular weight is 240 g/mol. The maximum atomic E-state index is 3.30. The van der Waals surface area contributed by atoms with E-state index in [0.717, 1.165) is 12.0 Å². The largest absolute Gasteiger partial charge is 0.319 e. The molecule has 0 aromatic rings. The van der Waals surface area contributed by atoms with Crippen molar-refractivity contribution in [2.45, 2.75) is 12.5 Å². The molecule has 100 valence electrons. The molecule has 17 heavy (non-hydrogen) atoms. The second-order valence-electron chi connectivity index (χ2n) is 5.87. The van der Waals surface area contributed by atoms with Gasteiger partial charge in [-0.2, -0.15) is 0 Å². The van der Waals surface area contributed by atoms with Gasteiger partial charge in [0.25, 0.3) is 0 Å². The van der Waals surface area contributed by atoms with E-state index < -0.39 is 0 Å². The molecule has 1 N–H and O–H groups in total. The van der Waals surface area contributed by atoms with Gasteiger partial charge in [0.15, 0.2) is 0 Å². The lowest BCUT2D eigenvalue weighted by molar-refractivity contribution is 0.0880. The van der Waals surface area contributed by atoms with Crippen molar-refractivity contribution in [3.05, 3.63) is 0 Å². The summed E-state index contributed by atoms with van der Waals surface area (Å²) in [4.78, 5) is 7.65. The monoisotopic (exact) mass is 240 g/mol. The van der Waals surface area contributed by atoms with Crippen LogP contribution in [0.2, 0.25) is 0 Å². The zero-order valence-corrected chi connectivity index (χ0v) is 11.7. The molecular formula is C13H28N4. The summed E-state index contributed by atoms with van der Waals surface area (Å²) in [6.07, 6.45) is 1.37. The normalized spacial score (nSPS) is 33.4. The van der Waals surface area contributed by atoms with Gasteiger partial charge in [0, 0.05) is 38.8 Å². The Bertz CT molecular complexity index is 233. The molecule has 2 rings (SSSR count). The standard InChI is InChI=1S/C13H28N4/c1-14-8-12-4-5-17(9-12)11-13-10-15(2)6-7-16(13)3/h12-14H,4-11H2,1-3H3. The van der Waals surface area contributed by atoms with Gasteiger partial charge in [0.05, 0.1) is 0 Å². The van der Waals surface area contributed by atoms with E-state index in [2.05, 4.69) is 41.2 Å². The lowest BCUT2D eigenvalue weighted by atomic mass is 10.1. The Balaban J connectivity index is 1.76. The van der Waals surface area contributed by atoms with Gasteiger partial charge in [-0.1, -0.05) is 0 Å². The van der Waals surface area contributed by atoms with E-state index in [9.17, 15) is 0 Å². The van der Waals surface area contributed by atoms with Crippen LogP contribution in [0.1, 0.15) is 6.42 Å². The number of rotatable bonds is 4. The van der Waals surface area contributed by atoms with Gasteiger partial charge in [-0.25, -0.2) is 0 Å². The Morgan fingerprint density at radius 2 is 1.94 bits per heavy atom. The summed E-state index contributed by atoms with van der Waals surface area (Å²) in [5.74, 6) is 0.867. The van der Waals surface area contributed by atoms with Crippen LogP contribution in [0.4, 0.5) is 0 Å². The Kier molecular flexibility index (Phi) is 4.79. The van der Waals surface area contributed by atoms with E-state index in [1.807, 2.05) is 0 Å². The molecule has 0 aromatic heterocycles. The van der Waals surface area contributed by atoms with Crippen molar-refractivity contribution in [2.75, 3.05) is 67.0 Å². The van der Waals surface area contributed by atoms with Gasteiger partial charge < -0.3 is 15.1 Å². The molecule has 0 aliphatic carbocycles. The minimum Gasteiger partial charge on any atom is -0.319 e. The molecule has 2 heterocycles. The molecule has 2 aliphatic heterocycles. The van der Waals surface area contributed by atoms with Crippen molar-refractivity contribution in [3.63, 3.8) is 0 Å². The molecular weight excluding hydrogens is 212 g/mol. The SMILES string of the molecule is CNCC1CCN(CC2CN(C)CCN2C)C1. The van der Waals surface area contributed by atoms with Gasteiger partial charge in [-0.05, 0) is 46.6 Å². The second kappa shape index (κ2) is 6.14. The molecule has 0 bridgehead atoms. The van der Waals surface area contributed by atoms with E-state index in [0.29, 0.717) is 0 Å². The zero-order chi connectivity index (χ0) is 12.3. The third-order valence-electron chi connectivity index (χ3n) is 4.31. The molecule has 0 spiro atoms. The van der Waals surface area contributed by atoms with E-state index in [1.54, 1.807) is 0 Å². The summed E-state index contributed by atoms with van der Waals surface area (Å²) < 4.78 is 0. The topological polar surface area (TPSA) is 21.8 Å². The average Bonchev–Trinajstić information content (AvgIpc) is 2.72. The molecule has 4 heteroatoms. The van der Waals surface area contributed by atoms with Crippen LogP contribution in [0, 0.1) is 5.92 Å². The van der Waals surface area contributed by atoms with Crippen molar-refractivity contribution in [2.24, 2.45) is 5.92 Å². The van der Waals surface area contributed by atoms with E-state index in [4.69, 9.17) is 0 Å². The third-order valence-corrected chi connectivity index (χ3v) is 4.31. The summed E-state index contributed by atoms with van der Waals surface area (Å²) in [6.45, 7) is 8.67. The van der Waals surface area contributed by atoms with Crippen LogP contribution in [0.5, 0.6) is 0 Å². The van der Waals surface area contributed by atoms with Crippen molar-refractivity contribution in [1.29, 1.82) is 0 Å². The molecule has 0 radical (unpaired) electrons. The molecule has 2 saturated heterocycles. The van der Waals surface area contributed by atoms with Crippen LogP contribution < -0.4 is 5.32 Å². The van der Waals surface area contributed by atoms with Gasteiger partial charge in [-0.3, -0.25) is 4.90 Å². The highest BCUT2D eigenvalue weighted by Crippen LogP contribution is 2.17. The van der Waals surface area contributed by atoms with Gasteiger partial charge >= 0.3 is 0 Å². The molecule has 2 fully saturated rings. The number of hydrogen-bond donors (Lipinski definition) is 1. The van der Waals surface area contributed by atoms with Crippen LogP contribution >= 0.6 is 0 Å². The Morgan fingerprint density at radius 3 is 2.71 bits per heavy atom. The van der Waals surface area contributed by atoms with Gasteiger partial charge in [-0.15, -0.1) is 0 Å². The predicted octanol–water partition coefficient (Wildman–Crippen LogP) is -0.226. The fourth-order valence-electron chi connectivity index (χ4n) is 3.13.